The molecule has 110 valence electrons. The second kappa shape index (κ2) is 6.30. The molecule has 0 saturated carbocycles. The quantitative estimate of drug-likeness (QED) is 0.637. The first-order valence-electron chi connectivity index (χ1n) is 6.01. The fourth-order valence-electron chi connectivity index (χ4n) is 1.51. The number of rotatable bonds is 4. The average molecular weight is 296 g/mol. The van der Waals surface area contributed by atoms with E-state index in [1.54, 1.807) is 0 Å². The van der Waals surface area contributed by atoms with Crippen LogP contribution in [-0.4, -0.2) is 12.1 Å². The number of ether oxygens (including phenoxy) is 2. The Morgan fingerprint density at radius 2 is 1.48 bits per heavy atom. The Morgan fingerprint density at radius 1 is 0.905 bits per heavy atom. The Kier molecular flexibility index (Phi) is 4.47. The van der Waals surface area contributed by atoms with E-state index >= 15 is 0 Å². The minimum absolute atomic E-state index is 0.190. The van der Waals surface area contributed by atoms with Crippen LogP contribution in [0, 0.1) is 0 Å². The molecule has 2 aromatic rings. The summed E-state index contributed by atoms with van der Waals surface area (Å²) in [7, 11) is 0. The molecule has 21 heavy (non-hydrogen) atoms. The van der Waals surface area contributed by atoms with E-state index in [0.717, 1.165) is 5.56 Å². The smallest absolute Gasteiger partial charge is 0.489 e. The molecule has 2 rings (SSSR count). The van der Waals surface area contributed by atoms with Crippen LogP contribution in [0.25, 0.3) is 0 Å². The SMILES string of the molecule is O=C(Oc1ccc(OCc2ccccc2)cc1)C(F)(F)F. The topological polar surface area (TPSA) is 35.5 Å². The molecule has 0 saturated heterocycles. The molecule has 0 spiro atoms. The maximum absolute atomic E-state index is 12.0. The van der Waals surface area contributed by atoms with Gasteiger partial charge in [-0.25, -0.2) is 4.79 Å². The Labute approximate surface area is 118 Å². The highest BCUT2D eigenvalue weighted by Gasteiger charge is 2.41. The van der Waals surface area contributed by atoms with Crippen LogP contribution < -0.4 is 9.47 Å². The summed E-state index contributed by atoms with van der Waals surface area (Å²) in [6.07, 6.45) is -5.01. The summed E-state index contributed by atoms with van der Waals surface area (Å²) in [5, 5.41) is 0. The number of halogens is 3. The number of hydrogen-bond donors (Lipinski definition) is 0. The van der Waals surface area contributed by atoms with Gasteiger partial charge in [-0.05, 0) is 29.8 Å². The Morgan fingerprint density at radius 3 is 2.05 bits per heavy atom. The fourth-order valence-corrected chi connectivity index (χ4v) is 1.51. The highest BCUT2D eigenvalue weighted by atomic mass is 19.4. The fraction of sp³-hybridized carbons (Fsp3) is 0.133. The first-order chi connectivity index (χ1) is 9.95. The molecule has 0 aromatic heterocycles. The minimum Gasteiger partial charge on any atom is -0.489 e. The van der Waals surface area contributed by atoms with Crippen LogP contribution in [0.1, 0.15) is 5.56 Å². The molecule has 2 aromatic carbocycles. The predicted molar refractivity (Wildman–Crippen MR) is 68.9 cm³/mol. The summed E-state index contributed by atoms with van der Waals surface area (Å²) < 4.78 is 45.7. The molecule has 0 N–H and O–H groups in total. The Bertz CT molecular complexity index is 592. The maximum atomic E-state index is 12.0. The van der Waals surface area contributed by atoms with Gasteiger partial charge in [-0.1, -0.05) is 30.3 Å². The van der Waals surface area contributed by atoms with E-state index in [-0.39, 0.29) is 5.75 Å². The van der Waals surface area contributed by atoms with Crippen LogP contribution in [-0.2, 0) is 11.4 Å². The second-order valence-corrected chi connectivity index (χ2v) is 4.13. The van der Waals surface area contributed by atoms with Gasteiger partial charge in [-0.2, -0.15) is 13.2 Å². The van der Waals surface area contributed by atoms with Gasteiger partial charge >= 0.3 is 12.1 Å². The highest BCUT2D eigenvalue weighted by molar-refractivity contribution is 5.78. The monoisotopic (exact) mass is 296 g/mol. The van der Waals surface area contributed by atoms with E-state index in [9.17, 15) is 18.0 Å². The van der Waals surface area contributed by atoms with Crippen molar-refractivity contribution in [3.63, 3.8) is 0 Å². The van der Waals surface area contributed by atoms with Gasteiger partial charge in [0.2, 0.25) is 0 Å². The van der Waals surface area contributed by atoms with Gasteiger partial charge in [0, 0.05) is 0 Å². The lowest BCUT2D eigenvalue weighted by molar-refractivity contribution is -0.189. The summed E-state index contributed by atoms with van der Waals surface area (Å²) in [6.45, 7) is 0.336. The van der Waals surface area contributed by atoms with E-state index in [4.69, 9.17) is 4.74 Å². The zero-order valence-electron chi connectivity index (χ0n) is 10.8. The lowest BCUT2D eigenvalue weighted by Gasteiger charge is -2.09. The normalized spacial score (nSPS) is 11.0. The molecule has 0 amide bonds. The van der Waals surface area contributed by atoms with Crippen LogP contribution in [0.5, 0.6) is 11.5 Å². The zero-order chi connectivity index (χ0) is 15.3. The summed E-state index contributed by atoms with van der Waals surface area (Å²) in [6, 6.07) is 14.8. The van der Waals surface area contributed by atoms with Crippen molar-refractivity contribution >= 4 is 5.97 Å². The summed E-state index contributed by atoms with van der Waals surface area (Å²) in [5.74, 6) is -1.98. The van der Waals surface area contributed by atoms with E-state index < -0.39 is 12.1 Å². The van der Waals surface area contributed by atoms with E-state index in [2.05, 4.69) is 4.74 Å². The molecule has 0 heterocycles. The molecule has 0 aliphatic carbocycles. The van der Waals surface area contributed by atoms with Crippen LogP contribution in [0.4, 0.5) is 13.2 Å². The largest absolute Gasteiger partial charge is 0.491 e. The number of carbonyl (C=O) groups is 1. The van der Waals surface area contributed by atoms with E-state index in [0.29, 0.717) is 12.4 Å². The van der Waals surface area contributed by atoms with Gasteiger partial charge < -0.3 is 9.47 Å². The third-order valence-electron chi connectivity index (χ3n) is 2.51. The molecular formula is C15H11F3O3. The number of alkyl halides is 3. The molecule has 0 atom stereocenters. The maximum Gasteiger partial charge on any atom is 0.491 e. The third-order valence-corrected chi connectivity index (χ3v) is 2.51. The standard InChI is InChI=1S/C15H11F3O3/c16-15(17,18)14(19)21-13-8-6-12(7-9-13)20-10-11-4-2-1-3-5-11/h1-9H,10H2. The van der Waals surface area contributed by atoms with E-state index in [1.807, 2.05) is 30.3 Å². The van der Waals surface area contributed by atoms with Gasteiger partial charge in [0.25, 0.3) is 0 Å². The van der Waals surface area contributed by atoms with Gasteiger partial charge in [0.1, 0.15) is 18.1 Å². The van der Waals surface area contributed by atoms with Crippen LogP contribution >= 0.6 is 0 Å². The second-order valence-electron chi connectivity index (χ2n) is 4.13. The van der Waals surface area contributed by atoms with Crippen molar-refractivity contribution in [2.75, 3.05) is 0 Å². The molecule has 0 unspecified atom stereocenters. The van der Waals surface area contributed by atoms with Crippen molar-refractivity contribution in [2.24, 2.45) is 0 Å². The molecule has 0 radical (unpaired) electrons. The van der Waals surface area contributed by atoms with Crippen molar-refractivity contribution < 1.29 is 27.4 Å². The molecule has 0 aliphatic rings. The lowest BCUT2D eigenvalue weighted by Crippen LogP contribution is -2.27. The number of benzene rings is 2. The first kappa shape index (κ1) is 14.9. The molecular weight excluding hydrogens is 285 g/mol. The predicted octanol–water partition coefficient (Wildman–Crippen LogP) is 3.73. The Balaban J connectivity index is 1.92. The molecule has 0 aliphatic heterocycles. The van der Waals surface area contributed by atoms with Gasteiger partial charge in [0.15, 0.2) is 0 Å². The van der Waals surface area contributed by atoms with Crippen LogP contribution in [0.2, 0.25) is 0 Å². The number of esters is 1. The highest BCUT2D eigenvalue weighted by Crippen LogP contribution is 2.22. The molecule has 3 nitrogen and oxygen atoms in total. The van der Waals surface area contributed by atoms with Crippen molar-refractivity contribution in [3.8, 4) is 11.5 Å². The van der Waals surface area contributed by atoms with Gasteiger partial charge in [-0.15, -0.1) is 0 Å². The lowest BCUT2D eigenvalue weighted by atomic mass is 10.2. The Hall–Kier alpha value is -2.50. The van der Waals surface area contributed by atoms with Gasteiger partial charge in [0.05, 0.1) is 0 Å². The first-order valence-corrected chi connectivity index (χ1v) is 6.01. The summed E-state index contributed by atoms with van der Waals surface area (Å²) >= 11 is 0. The van der Waals surface area contributed by atoms with Crippen molar-refractivity contribution in [3.05, 3.63) is 60.2 Å². The van der Waals surface area contributed by atoms with Crippen molar-refractivity contribution in [1.29, 1.82) is 0 Å². The van der Waals surface area contributed by atoms with Crippen LogP contribution in [0.15, 0.2) is 54.6 Å². The van der Waals surface area contributed by atoms with Crippen molar-refractivity contribution in [1.82, 2.24) is 0 Å². The van der Waals surface area contributed by atoms with Gasteiger partial charge in [-0.3, -0.25) is 0 Å². The third kappa shape index (κ3) is 4.52. The molecule has 6 heteroatoms. The summed E-state index contributed by atoms with van der Waals surface area (Å²) in [4.78, 5) is 10.7. The number of carbonyl (C=O) groups excluding carboxylic acids is 1. The molecule has 0 bridgehead atoms. The number of hydrogen-bond acceptors (Lipinski definition) is 3. The summed E-state index contributed by atoms with van der Waals surface area (Å²) in [5.41, 5.74) is 0.963. The van der Waals surface area contributed by atoms with E-state index in [1.165, 1.54) is 24.3 Å². The molecule has 0 fully saturated rings. The zero-order valence-corrected chi connectivity index (χ0v) is 10.8. The van der Waals surface area contributed by atoms with Crippen molar-refractivity contribution in [2.45, 2.75) is 12.8 Å². The van der Waals surface area contributed by atoms with Crippen LogP contribution in [0.3, 0.4) is 0 Å². The minimum atomic E-state index is -5.01. The average Bonchev–Trinajstić information content (AvgIpc) is 2.46.